The molecule has 0 atom stereocenters. The van der Waals surface area contributed by atoms with Gasteiger partial charge in [0.15, 0.2) is 0 Å². The van der Waals surface area contributed by atoms with Gasteiger partial charge in [0.2, 0.25) is 0 Å². The zero-order chi connectivity index (χ0) is 14.5. The van der Waals surface area contributed by atoms with Gasteiger partial charge in [0, 0.05) is 17.4 Å². The molecule has 0 heterocycles. The predicted molar refractivity (Wildman–Crippen MR) is 80.9 cm³/mol. The van der Waals surface area contributed by atoms with E-state index in [9.17, 15) is 5.11 Å². The van der Waals surface area contributed by atoms with E-state index in [2.05, 4.69) is 31.9 Å². The number of aromatic hydroxyl groups is 1. The van der Waals surface area contributed by atoms with Gasteiger partial charge in [-0.1, -0.05) is 43.4 Å². The molecule has 0 amide bonds. The molecule has 1 fully saturated rings. The molecule has 1 aromatic carbocycles. The molecular weight excluding hydrogens is 370 g/mol. The molecule has 1 saturated carbocycles. The number of rotatable bonds is 1. The second-order valence-electron chi connectivity index (χ2n) is 4.43. The SMILES string of the molecule is C[C]1[CH][C]2C=CC=C(c3ccccc3O)[C]2[CH]1.[Cl][Zr][Cl]. The van der Waals surface area contributed by atoms with Gasteiger partial charge in [0.1, 0.15) is 5.75 Å². The van der Waals surface area contributed by atoms with Gasteiger partial charge in [-0.05, 0) is 30.4 Å². The maximum atomic E-state index is 9.93. The number of allylic oxidation sites excluding steroid dienone is 4. The number of fused-ring (bicyclic) bond motifs is 1. The first-order valence-electron chi connectivity index (χ1n) is 6.08. The normalized spacial score (nSPS) is 19.1. The number of halogens is 2. The Hall–Kier alpha value is -0.0369. The summed E-state index contributed by atoms with van der Waals surface area (Å²) in [5, 5.41) is 9.93. The van der Waals surface area contributed by atoms with Crippen LogP contribution >= 0.6 is 17.0 Å². The molecule has 5 radical (unpaired) electrons. The third-order valence-corrected chi connectivity index (χ3v) is 3.09. The Labute approximate surface area is 139 Å². The van der Waals surface area contributed by atoms with E-state index in [0.717, 1.165) is 11.1 Å². The average Bonchev–Trinajstić information content (AvgIpc) is 2.80. The molecule has 0 aliphatic heterocycles. The Bertz CT molecular complexity index is 513. The molecule has 1 nitrogen and oxygen atoms in total. The second kappa shape index (κ2) is 7.83. The van der Waals surface area contributed by atoms with E-state index in [1.54, 1.807) is 6.07 Å². The van der Waals surface area contributed by atoms with E-state index in [1.807, 2.05) is 24.3 Å². The quantitative estimate of drug-likeness (QED) is 0.732. The van der Waals surface area contributed by atoms with Crippen LogP contribution in [0.5, 0.6) is 5.75 Å². The first-order chi connectivity index (χ1) is 9.67. The third kappa shape index (κ3) is 3.78. The molecule has 1 N–H and O–H groups in total. The molecule has 0 saturated heterocycles. The molecule has 2 aliphatic rings. The Morgan fingerprint density at radius 2 is 1.80 bits per heavy atom. The van der Waals surface area contributed by atoms with E-state index >= 15 is 0 Å². The van der Waals surface area contributed by atoms with Crippen molar-refractivity contribution in [2.24, 2.45) is 0 Å². The van der Waals surface area contributed by atoms with Gasteiger partial charge in [-0.25, -0.2) is 0 Å². The van der Waals surface area contributed by atoms with Crippen LogP contribution in [0.15, 0.2) is 42.5 Å². The van der Waals surface area contributed by atoms with E-state index < -0.39 is 20.8 Å². The molecule has 1 aromatic rings. The summed E-state index contributed by atoms with van der Waals surface area (Å²) < 4.78 is 0. The van der Waals surface area contributed by atoms with Crippen molar-refractivity contribution in [3.63, 3.8) is 0 Å². The van der Waals surface area contributed by atoms with Crippen LogP contribution in [0, 0.1) is 30.6 Å². The van der Waals surface area contributed by atoms with Gasteiger partial charge >= 0.3 is 37.9 Å². The summed E-state index contributed by atoms with van der Waals surface area (Å²) in [5.41, 5.74) is 1.98. The van der Waals surface area contributed by atoms with Crippen LogP contribution in [0.4, 0.5) is 0 Å². The van der Waals surface area contributed by atoms with E-state index in [-0.39, 0.29) is 0 Å². The average molecular weight is 383 g/mol. The van der Waals surface area contributed by atoms with Crippen LogP contribution in [0.2, 0.25) is 0 Å². The second-order valence-corrected chi connectivity index (χ2v) is 8.16. The number of hydrogen-bond donors (Lipinski definition) is 1. The predicted octanol–water partition coefficient (Wildman–Crippen LogP) is 4.89. The van der Waals surface area contributed by atoms with Crippen molar-refractivity contribution in [3.8, 4) is 5.75 Å². The van der Waals surface area contributed by atoms with E-state index in [1.165, 1.54) is 17.8 Å². The number of phenolic OH excluding ortho intramolecular Hbond substituents is 1. The zero-order valence-electron chi connectivity index (χ0n) is 10.9. The van der Waals surface area contributed by atoms with Crippen LogP contribution in [-0.2, 0) is 20.8 Å². The van der Waals surface area contributed by atoms with Crippen molar-refractivity contribution < 1.29 is 26.0 Å². The summed E-state index contributed by atoms with van der Waals surface area (Å²) in [6, 6.07) is 7.47. The third-order valence-electron chi connectivity index (χ3n) is 3.09. The number of para-hydroxylation sites is 1. The monoisotopic (exact) mass is 381 g/mol. The van der Waals surface area contributed by atoms with Crippen molar-refractivity contribution >= 4 is 22.6 Å². The molecule has 0 spiro atoms. The van der Waals surface area contributed by atoms with Crippen LogP contribution in [-0.4, -0.2) is 5.11 Å². The molecule has 3 rings (SSSR count). The van der Waals surface area contributed by atoms with Crippen molar-refractivity contribution in [3.05, 3.63) is 78.7 Å². The van der Waals surface area contributed by atoms with Crippen LogP contribution in [0.25, 0.3) is 5.57 Å². The maximum absolute atomic E-state index is 9.93. The van der Waals surface area contributed by atoms with E-state index in [4.69, 9.17) is 17.0 Å². The number of phenols is 1. The van der Waals surface area contributed by atoms with Crippen molar-refractivity contribution in [1.82, 2.24) is 0 Å². The Balaban J connectivity index is 0.000000452. The van der Waals surface area contributed by atoms with Gasteiger partial charge < -0.3 is 5.11 Å². The summed E-state index contributed by atoms with van der Waals surface area (Å²) >= 11 is -0.826. The molecule has 0 unspecified atom stereocenters. The summed E-state index contributed by atoms with van der Waals surface area (Å²) in [7, 11) is 9.87. The van der Waals surface area contributed by atoms with Crippen molar-refractivity contribution in [1.29, 1.82) is 0 Å². The van der Waals surface area contributed by atoms with Crippen molar-refractivity contribution in [2.45, 2.75) is 6.92 Å². The Morgan fingerprint density at radius 1 is 1.10 bits per heavy atom. The van der Waals surface area contributed by atoms with Gasteiger partial charge in [0.05, 0.1) is 0 Å². The fourth-order valence-electron chi connectivity index (χ4n) is 2.32. The molecule has 2 aliphatic carbocycles. The van der Waals surface area contributed by atoms with Crippen LogP contribution in [0.1, 0.15) is 12.5 Å². The molecule has 0 bridgehead atoms. The molecule has 4 heteroatoms. The summed E-state index contributed by atoms with van der Waals surface area (Å²) in [5.74, 6) is 4.01. The standard InChI is InChI=1S/C16H13O.2ClH.Zr/c1-11-9-12-5-4-7-13(15(12)10-11)14-6-2-3-8-16(14)17;;;/h2-10,17H,1H3;2*1H;/q;;;+2/p-2. The Kier molecular flexibility index (Phi) is 6.39. The molecule has 101 valence electrons. The minimum atomic E-state index is -0.826. The van der Waals surface area contributed by atoms with Crippen LogP contribution < -0.4 is 0 Å². The first-order valence-corrected chi connectivity index (χ1v) is 12.4. The zero-order valence-corrected chi connectivity index (χ0v) is 14.9. The molecule has 20 heavy (non-hydrogen) atoms. The molecule has 0 aromatic heterocycles. The molecular formula is C16H13Cl2OZr. The first kappa shape index (κ1) is 16.3. The van der Waals surface area contributed by atoms with Crippen molar-refractivity contribution in [2.75, 3.05) is 0 Å². The number of benzene rings is 1. The Morgan fingerprint density at radius 3 is 2.50 bits per heavy atom. The minimum absolute atomic E-state index is 0.332. The van der Waals surface area contributed by atoms with Crippen LogP contribution in [0.3, 0.4) is 0 Å². The van der Waals surface area contributed by atoms with Gasteiger partial charge in [-0.3, -0.25) is 0 Å². The fourth-order valence-corrected chi connectivity index (χ4v) is 2.32. The summed E-state index contributed by atoms with van der Waals surface area (Å²) in [6.07, 6.45) is 10.5. The van der Waals surface area contributed by atoms with Gasteiger partial charge in [-0.15, -0.1) is 0 Å². The number of hydrogen-bond acceptors (Lipinski definition) is 1. The summed E-state index contributed by atoms with van der Waals surface area (Å²) in [4.78, 5) is 0. The topological polar surface area (TPSA) is 20.2 Å². The fraction of sp³-hybridized carbons (Fsp3) is 0.0625. The van der Waals surface area contributed by atoms with Gasteiger partial charge in [-0.2, -0.15) is 0 Å². The van der Waals surface area contributed by atoms with Gasteiger partial charge in [0.25, 0.3) is 0 Å². The summed E-state index contributed by atoms with van der Waals surface area (Å²) in [6.45, 7) is 2.09. The van der Waals surface area contributed by atoms with E-state index in [0.29, 0.717) is 5.75 Å².